The number of hydrogen-bond acceptors (Lipinski definition) is 7. The van der Waals surface area contributed by atoms with Gasteiger partial charge in [-0.25, -0.2) is 4.79 Å². The van der Waals surface area contributed by atoms with Crippen molar-refractivity contribution in [2.75, 3.05) is 26.7 Å². The summed E-state index contributed by atoms with van der Waals surface area (Å²) >= 11 is 0. The van der Waals surface area contributed by atoms with E-state index >= 15 is 0 Å². The van der Waals surface area contributed by atoms with Crippen LogP contribution in [0.15, 0.2) is 103 Å². The van der Waals surface area contributed by atoms with Gasteiger partial charge in [0.05, 0.1) is 25.4 Å². The van der Waals surface area contributed by atoms with E-state index in [4.69, 9.17) is 14.2 Å². The highest BCUT2D eigenvalue weighted by molar-refractivity contribution is 5.81. The van der Waals surface area contributed by atoms with Crippen LogP contribution in [0.4, 0.5) is 4.79 Å². The number of benzene rings is 4. The number of nitrogens with one attached hydrogen (secondary N) is 2. The molecule has 47 heavy (non-hydrogen) atoms. The van der Waals surface area contributed by atoms with Gasteiger partial charge in [-0.1, -0.05) is 103 Å². The number of urea groups is 1. The molecule has 3 atom stereocenters. The molecule has 0 radical (unpaired) electrons. The van der Waals surface area contributed by atoms with Crippen LogP contribution >= 0.6 is 0 Å². The quantitative estimate of drug-likeness (QED) is 0.157. The maximum absolute atomic E-state index is 12.3. The molecule has 9 heteroatoms. The van der Waals surface area contributed by atoms with Crippen molar-refractivity contribution in [1.82, 2.24) is 15.5 Å². The summed E-state index contributed by atoms with van der Waals surface area (Å²) < 4.78 is 18.0. The van der Waals surface area contributed by atoms with E-state index in [-0.39, 0.29) is 38.5 Å². The summed E-state index contributed by atoms with van der Waals surface area (Å²) in [6, 6.07) is 33.9. The van der Waals surface area contributed by atoms with Crippen molar-refractivity contribution in [3.8, 4) is 11.1 Å². The molecule has 1 aliphatic heterocycles. The molecule has 0 spiro atoms. The number of carbonyl (C=O) groups excluding carboxylic acids is 2. The molecule has 4 aromatic carbocycles. The fraction of sp³-hybridized carbons (Fsp3) is 0.316. The molecule has 1 saturated heterocycles. The number of ether oxygens (including phenoxy) is 3. The minimum atomic E-state index is -0.560. The lowest BCUT2D eigenvalue weighted by molar-refractivity contribution is -0.252. The van der Waals surface area contributed by atoms with Gasteiger partial charge in [-0.3, -0.25) is 9.69 Å². The second-order valence-electron chi connectivity index (χ2n) is 11.7. The summed E-state index contributed by atoms with van der Waals surface area (Å²) in [5, 5.41) is 14.9. The number of likely N-dealkylation sites (N-methyl/N-ethyl adjacent to an activating group) is 1. The molecule has 1 aliphatic rings. The third-order valence-electron chi connectivity index (χ3n) is 8.07. The van der Waals surface area contributed by atoms with Crippen molar-refractivity contribution in [3.05, 3.63) is 131 Å². The Kier molecular flexibility index (Phi) is 12.1. The van der Waals surface area contributed by atoms with Gasteiger partial charge >= 0.3 is 12.0 Å². The third-order valence-corrected chi connectivity index (χ3v) is 8.07. The number of amides is 2. The predicted octanol–water partition coefficient (Wildman–Crippen LogP) is 5.89. The molecule has 3 N–H and O–H groups in total. The fourth-order valence-corrected chi connectivity index (χ4v) is 5.72. The summed E-state index contributed by atoms with van der Waals surface area (Å²) in [4.78, 5) is 26.1. The summed E-state index contributed by atoms with van der Waals surface area (Å²) in [5.74, 6) is -0.481. The Morgan fingerprint density at radius 3 is 2.28 bits per heavy atom. The minimum absolute atomic E-state index is 0.00132. The van der Waals surface area contributed by atoms with Crippen molar-refractivity contribution < 1.29 is 28.9 Å². The van der Waals surface area contributed by atoms with Crippen LogP contribution in [0, 0.1) is 0 Å². The van der Waals surface area contributed by atoms with E-state index in [1.807, 2.05) is 78.9 Å². The Morgan fingerprint density at radius 1 is 0.851 bits per heavy atom. The van der Waals surface area contributed by atoms with E-state index in [1.54, 1.807) is 6.92 Å². The lowest BCUT2D eigenvalue weighted by atomic mass is 9.97. The molecule has 4 aromatic rings. The van der Waals surface area contributed by atoms with Crippen LogP contribution in [0.5, 0.6) is 0 Å². The van der Waals surface area contributed by atoms with Crippen molar-refractivity contribution in [2.24, 2.45) is 0 Å². The van der Waals surface area contributed by atoms with Crippen molar-refractivity contribution >= 4 is 12.0 Å². The van der Waals surface area contributed by atoms with Crippen molar-refractivity contribution in [3.63, 3.8) is 0 Å². The highest BCUT2D eigenvalue weighted by atomic mass is 16.7. The predicted molar refractivity (Wildman–Crippen MR) is 180 cm³/mol. The normalized spacial score (nSPS) is 17.7. The molecule has 246 valence electrons. The molecule has 5 rings (SSSR count). The van der Waals surface area contributed by atoms with Gasteiger partial charge < -0.3 is 30.0 Å². The molecule has 0 saturated carbocycles. The SMILES string of the molecule is CCOC(=O)CNC(=O)NCc1ccccc1-c1ccc([C@@H]2O[C@H](CN(C)Cc3ccccc3)C[C@H](c3ccc(CO)cc3)O2)cc1. The number of nitrogens with zero attached hydrogens (tertiary/aromatic N) is 1. The fourth-order valence-electron chi connectivity index (χ4n) is 5.72. The first-order valence-electron chi connectivity index (χ1n) is 16.0. The van der Waals surface area contributed by atoms with Gasteiger partial charge in [-0.15, -0.1) is 0 Å². The Hall–Kier alpha value is -4.54. The Morgan fingerprint density at radius 2 is 1.55 bits per heavy atom. The second kappa shape index (κ2) is 16.9. The minimum Gasteiger partial charge on any atom is -0.465 e. The van der Waals surface area contributed by atoms with Gasteiger partial charge in [-0.05, 0) is 47.4 Å². The third kappa shape index (κ3) is 9.73. The standard InChI is InChI=1S/C38H43N3O6/c1-3-45-36(43)23-40-38(44)39-22-32-11-7-8-12-34(32)29-17-19-31(20-18-29)37-46-33(25-41(2)24-27-9-5-4-6-10-27)21-35(47-37)30-15-13-28(26-42)14-16-30/h4-20,33,35,37,42H,3,21-26H2,1-2H3,(H2,39,40,44)/t33-,35+,37+/m0/s1. The second-order valence-corrected chi connectivity index (χ2v) is 11.7. The lowest BCUT2D eigenvalue weighted by Crippen LogP contribution is -2.38. The topological polar surface area (TPSA) is 109 Å². The highest BCUT2D eigenvalue weighted by Crippen LogP contribution is 2.39. The summed E-state index contributed by atoms with van der Waals surface area (Å²) in [6.07, 6.45) is -0.0835. The molecule has 0 aliphatic carbocycles. The molecule has 0 aromatic heterocycles. The first-order valence-corrected chi connectivity index (χ1v) is 16.0. The zero-order valence-electron chi connectivity index (χ0n) is 26.9. The van der Waals surface area contributed by atoms with Crippen LogP contribution < -0.4 is 10.6 Å². The maximum Gasteiger partial charge on any atom is 0.325 e. The molecular formula is C38H43N3O6. The van der Waals surface area contributed by atoms with E-state index in [0.29, 0.717) is 6.42 Å². The monoisotopic (exact) mass is 637 g/mol. The smallest absolute Gasteiger partial charge is 0.325 e. The first kappa shape index (κ1) is 33.8. The van der Waals surface area contributed by atoms with Gasteiger partial charge in [0, 0.05) is 31.6 Å². The average molecular weight is 638 g/mol. The van der Waals surface area contributed by atoms with E-state index in [2.05, 4.69) is 46.8 Å². The van der Waals surface area contributed by atoms with E-state index < -0.39 is 18.3 Å². The van der Waals surface area contributed by atoms with Crippen LogP contribution in [-0.4, -0.2) is 54.9 Å². The van der Waals surface area contributed by atoms with E-state index in [0.717, 1.165) is 46.5 Å². The molecule has 1 heterocycles. The Bertz CT molecular complexity index is 1580. The molecule has 9 nitrogen and oxygen atoms in total. The van der Waals surface area contributed by atoms with Gasteiger partial charge in [-0.2, -0.15) is 0 Å². The van der Waals surface area contributed by atoms with Crippen LogP contribution in [0.3, 0.4) is 0 Å². The number of hydrogen-bond donors (Lipinski definition) is 3. The average Bonchev–Trinajstić information content (AvgIpc) is 3.10. The van der Waals surface area contributed by atoms with Crippen molar-refractivity contribution in [1.29, 1.82) is 0 Å². The summed E-state index contributed by atoms with van der Waals surface area (Å²) in [7, 11) is 2.11. The molecule has 2 amide bonds. The van der Waals surface area contributed by atoms with Gasteiger partial charge in [0.2, 0.25) is 0 Å². The Balaban J connectivity index is 1.28. The lowest BCUT2D eigenvalue weighted by Gasteiger charge is -2.38. The number of esters is 1. The molecule has 1 fully saturated rings. The van der Waals surface area contributed by atoms with Gasteiger partial charge in [0.15, 0.2) is 6.29 Å². The van der Waals surface area contributed by atoms with Gasteiger partial charge in [0.25, 0.3) is 0 Å². The molecular weight excluding hydrogens is 594 g/mol. The van der Waals surface area contributed by atoms with E-state index in [1.165, 1.54) is 5.56 Å². The number of aliphatic hydroxyl groups excluding tert-OH is 1. The number of rotatable bonds is 13. The largest absolute Gasteiger partial charge is 0.465 e. The van der Waals surface area contributed by atoms with Crippen LogP contribution in [0.2, 0.25) is 0 Å². The summed E-state index contributed by atoms with van der Waals surface area (Å²) in [6.45, 7) is 3.64. The highest BCUT2D eigenvalue weighted by Gasteiger charge is 2.32. The first-order chi connectivity index (χ1) is 22.9. The van der Waals surface area contributed by atoms with Crippen LogP contribution in [0.1, 0.15) is 53.6 Å². The number of carbonyl (C=O) groups is 2. The van der Waals surface area contributed by atoms with E-state index in [9.17, 15) is 14.7 Å². The van der Waals surface area contributed by atoms with Crippen LogP contribution in [0.25, 0.3) is 11.1 Å². The zero-order chi connectivity index (χ0) is 33.0. The zero-order valence-corrected chi connectivity index (χ0v) is 26.9. The number of aliphatic hydroxyl groups is 1. The molecule has 0 bridgehead atoms. The van der Waals surface area contributed by atoms with Crippen LogP contribution in [-0.2, 0) is 38.7 Å². The Labute approximate surface area is 276 Å². The summed E-state index contributed by atoms with van der Waals surface area (Å²) in [5.41, 5.74) is 6.98. The van der Waals surface area contributed by atoms with Crippen molar-refractivity contribution in [2.45, 2.75) is 51.5 Å². The maximum atomic E-state index is 12.3. The van der Waals surface area contributed by atoms with Gasteiger partial charge in [0.1, 0.15) is 6.54 Å². The molecule has 0 unspecified atom stereocenters.